The molecule has 0 bridgehead atoms. The molecule has 0 saturated carbocycles. The summed E-state index contributed by atoms with van der Waals surface area (Å²) in [6, 6.07) is 3.40. The number of carbonyl (C=O) groups is 1. The molecule has 2 atom stereocenters. The summed E-state index contributed by atoms with van der Waals surface area (Å²) >= 11 is 0. The quantitative estimate of drug-likeness (QED) is 0.844. The molecule has 0 aromatic carbocycles. The van der Waals surface area contributed by atoms with Crippen LogP contribution >= 0.6 is 0 Å². The maximum Gasteiger partial charge on any atom is 0.341 e. The summed E-state index contributed by atoms with van der Waals surface area (Å²) in [5, 5.41) is 9.32. The number of carboxylic acid groups (broad SMARTS) is 1. The Hall–Kier alpha value is -2.54. The molecule has 2 aromatic rings. The number of methoxy groups -OCH3 is 1. The molecule has 3 rings (SSSR count). The molecule has 1 saturated heterocycles. The molecule has 1 fully saturated rings. The van der Waals surface area contributed by atoms with Crippen molar-refractivity contribution in [1.29, 1.82) is 0 Å². The number of carboxylic acids is 1. The minimum atomic E-state index is -1.22. The van der Waals surface area contributed by atoms with Crippen molar-refractivity contribution in [2.75, 3.05) is 25.1 Å². The summed E-state index contributed by atoms with van der Waals surface area (Å²) in [7, 11) is 1.58. The summed E-state index contributed by atoms with van der Waals surface area (Å²) in [6.07, 6.45) is 3.24. The Kier molecular flexibility index (Phi) is 4.91. The first kappa shape index (κ1) is 18.3. The second kappa shape index (κ2) is 6.99. The number of nitrogens with two attached hydrogens (primary N) is 1. The van der Waals surface area contributed by atoms with E-state index in [9.17, 15) is 14.7 Å². The maximum absolute atomic E-state index is 12.6. The molecule has 3 heterocycles. The Labute approximate surface area is 152 Å². The van der Waals surface area contributed by atoms with Crippen LogP contribution in [0.5, 0.6) is 5.75 Å². The molecule has 2 unspecified atom stereocenters. The number of nitrogens with zero attached hydrogens (tertiary/aromatic N) is 2. The highest BCUT2D eigenvalue weighted by Crippen LogP contribution is 2.37. The van der Waals surface area contributed by atoms with Gasteiger partial charge < -0.3 is 20.5 Å². The van der Waals surface area contributed by atoms with E-state index in [1.54, 1.807) is 13.3 Å². The molecular formula is C19H25N3O4. The fourth-order valence-corrected chi connectivity index (χ4v) is 3.74. The molecule has 7 heteroatoms. The van der Waals surface area contributed by atoms with Crippen LogP contribution in [0.4, 0.5) is 5.69 Å². The van der Waals surface area contributed by atoms with Gasteiger partial charge >= 0.3 is 5.97 Å². The lowest BCUT2D eigenvalue weighted by Crippen LogP contribution is -2.30. The molecule has 7 nitrogen and oxygen atoms in total. The van der Waals surface area contributed by atoms with E-state index in [1.807, 2.05) is 19.9 Å². The van der Waals surface area contributed by atoms with Gasteiger partial charge in [0, 0.05) is 25.3 Å². The number of aromatic nitrogens is 1. The normalized spacial score (nSPS) is 18.3. The fraction of sp³-hybridized carbons (Fsp3) is 0.474. The van der Waals surface area contributed by atoms with Crippen molar-refractivity contribution in [2.45, 2.75) is 32.7 Å². The molecule has 0 amide bonds. The molecule has 0 radical (unpaired) electrons. The Morgan fingerprint density at radius 3 is 2.77 bits per heavy atom. The number of hydrogen-bond donors (Lipinski definition) is 2. The van der Waals surface area contributed by atoms with Crippen molar-refractivity contribution in [2.24, 2.45) is 11.7 Å². The zero-order chi connectivity index (χ0) is 19.0. The van der Waals surface area contributed by atoms with E-state index in [0.29, 0.717) is 23.6 Å². The number of pyridine rings is 2. The topological polar surface area (TPSA) is 97.3 Å². The molecular weight excluding hydrogens is 334 g/mol. The van der Waals surface area contributed by atoms with Crippen LogP contribution in [-0.2, 0) is 6.42 Å². The summed E-state index contributed by atoms with van der Waals surface area (Å²) < 4.78 is 7.06. The molecule has 1 aliphatic rings. The number of aryl methyl sites for hydroxylation is 1. The molecule has 3 N–H and O–H groups in total. The lowest BCUT2D eigenvalue weighted by atomic mass is 10.0. The fourth-order valence-electron chi connectivity index (χ4n) is 3.74. The maximum atomic E-state index is 12.6. The summed E-state index contributed by atoms with van der Waals surface area (Å²) in [5.74, 6) is -0.205. The van der Waals surface area contributed by atoms with Gasteiger partial charge in [-0.05, 0) is 43.4 Å². The van der Waals surface area contributed by atoms with E-state index >= 15 is 0 Å². The van der Waals surface area contributed by atoms with Crippen LogP contribution in [0.3, 0.4) is 0 Å². The minimum absolute atomic E-state index is 0.124. The minimum Gasteiger partial charge on any atom is -0.492 e. The Balaban J connectivity index is 2.21. The molecule has 140 valence electrons. The van der Waals surface area contributed by atoms with Crippen LogP contribution in [0.15, 0.2) is 23.1 Å². The largest absolute Gasteiger partial charge is 0.492 e. The van der Waals surface area contributed by atoms with Crippen LogP contribution in [0.25, 0.3) is 5.52 Å². The van der Waals surface area contributed by atoms with Crippen molar-refractivity contribution in [3.63, 3.8) is 0 Å². The summed E-state index contributed by atoms with van der Waals surface area (Å²) in [6.45, 7) is 5.66. The first-order valence-electron chi connectivity index (χ1n) is 8.88. The highest BCUT2D eigenvalue weighted by molar-refractivity contribution is 5.89. The molecule has 2 aromatic heterocycles. The monoisotopic (exact) mass is 359 g/mol. The second-order valence-electron chi connectivity index (χ2n) is 6.85. The lowest BCUT2D eigenvalue weighted by Gasteiger charge is -2.24. The van der Waals surface area contributed by atoms with E-state index in [-0.39, 0.29) is 11.6 Å². The number of rotatable bonds is 5. The van der Waals surface area contributed by atoms with E-state index in [0.717, 1.165) is 30.8 Å². The third-order valence-corrected chi connectivity index (χ3v) is 5.27. The van der Waals surface area contributed by atoms with Crippen LogP contribution in [0.1, 0.15) is 36.2 Å². The highest BCUT2D eigenvalue weighted by Gasteiger charge is 2.28. The van der Waals surface area contributed by atoms with Gasteiger partial charge in [0.05, 0.1) is 18.3 Å². The van der Waals surface area contributed by atoms with Gasteiger partial charge in [0.15, 0.2) is 5.75 Å². The smallest absolute Gasteiger partial charge is 0.341 e. The average molecular weight is 359 g/mol. The predicted molar refractivity (Wildman–Crippen MR) is 101 cm³/mol. The number of hydrogen-bond acceptors (Lipinski definition) is 5. The van der Waals surface area contributed by atoms with Crippen molar-refractivity contribution in [3.05, 3.63) is 39.8 Å². The van der Waals surface area contributed by atoms with E-state index in [2.05, 4.69) is 4.90 Å². The zero-order valence-electron chi connectivity index (χ0n) is 15.4. The predicted octanol–water partition coefficient (Wildman–Crippen LogP) is 1.74. The average Bonchev–Trinajstić information content (AvgIpc) is 3.11. The van der Waals surface area contributed by atoms with Crippen molar-refractivity contribution in [1.82, 2.24) is 4.40 Å². The molecule has 26 heavy (non-hydrogen) atoms. The van der Waals surface area contributed by atoms with Gasteiger partial charge in [0.1, 0.15) is 5.56 Å². The molecule has 0 spiro atoms. The van der Waals surface area contributed by atoms with Gasteiger partial charge in [-0.15, -0.1) is 0 Å². The SMILES string of the molecule is CCc1cc(C(=O)O)c(=O)n2ccc(N3CCC(C(C)N)C3)c(OC)c12. The van der Waals surface area contributed by atoms with Crippen molar-refractivity contribution in [3.8, 4) is 5.75 Å². The van der Waals surface area contributed by atoms with Gasteiger partial charge in [-0.25, -0.2) is 4.79 Å². The highest BCUT2D eigenvalue weighted by atomic mass is 16.5. The Bertz CT molecular complexity index is 904. The van der Waals surface area contributed by atoms with Crippen molar-refractivity contribution >= 4 is 17.2 Å². The van der Waals surface area contributed by atoms with Gasteiger partial charge in [-0.1, -0.05) is 6.92 Å². The standard InChI is InChI=1S/C19H25N3O4/c1-4-12-9-14(19(24)25)18(23)22-8-6-15(17(26-3)16(12)22)21-7-5-13(10-21)11(2)20/h6,8-9,11,13H,4-5,7,10,20H2,1-3H3,(H,24,25). The Morgan fingerprint density at radius 1 is 1.50 bits per heavy atom. The number of fused-ring (bicyclic) bond motifs is 1. The van der Waals surface area contributed by atoms with E-state index in [1.165, 1.54) is 10.5 Å². The van der Waals surface area contributed by atoms with E-state index < -0.39 is 11.5 Å². The number of ether oxygens (including phenoxy) is 1. The lowest BCUT2D eigenvalue weighted by molar-refractivity contribution is 0.0694. The number of aromatic carboxylic acids is 1. The molecule has 1 aliphatic heterocycles. The second-order valence-corrected chi connectivity index (χ2v) is 6.85. The van der Waals surface area contributed by atoms with Crippen LogP contribution in [0, 0.1) is 5.92 Å². The summed E-state index contributed by atoms with van der Waals surface area (Å²) in [4.78, 5) is 26.2. The van der Waals surface area contributed by atoms with E-state index in [4.69, 9.17) is 10.5 Å². The van der Waals surface area contributed by atoms with Gasteiger partial charge in [-0.2, -0.15) is 0 Å². The molecule has 0 aliphatic carbocycles. The van der Waals surface area contributed by atoms with Gasteiger partial charge in [0.25, 0.3) is 5.56 Å². The number of anilines is 1. The first-order chi connectivity index (χ1) is 12.4. The Morgan fingerprint density at radius 2 is 2.23 bits per heavy atom. The third-order valence-electron chi connectivity index (χ3n) is 5.27. The third kappa shape index (κ3) is 2.92. The van der Waals surface area contributed by atoms with Crippen molar-refractivity contribution < 1.29 is 14.6 Å². The van der Waals surface area contributed by atoms with Gasteiger partial charge in [0.2, 0.25) is 0 Å². The van der Waals surface area contributed by atoms with Gasteiger partial charge in [-0.3, -0.25) is 9.20 Å². The van der Waals surface area contributed by atoms with Crippen LogP contribution < -0.4 is 20.9 Å². The zero-order valence-corrected chi connectivity index (χ0v) is 15.4. The van der Waals surface area contributed by atoms with Crippen LogP contribution in [0.2, 0.25) is 0 Å². The first-order valence-corrected chi connectivity index (χ1v) is 8.88. The summed E-state index contributed by atoms with van der Waals surface area (Å²) in [5.41, 5.74) is 7.58. The van der Waals surface area contributed by atoms with Crippen LogP contribution in [-0.4, -0.2) is 41.7 Å².